The topological polar surface area (TPSA) is 75.0 Å². The fraction of sp³-hybridized carbons (Fsp3) is 0.304. The maximum absolute atomic E-state index is 12.8. The third kappa shape index (κ3) is 3.76. The number of aromatic nitrogens is 2. The van der Waals surface area contributed by atoms with Gasteiger partial charge in [0.25, 0.3) is 5.56 Å². The van der Waals surface area contributed by atoms with E-state index >= 15 is 0 Å². The number of benzene rings is 2. The molecule has 1 fully saturated rings. The molecule has 3 aromatic rings. The number of rotatable bonds is 3. The second-order valence-corrected chi connectivity index (χ2v) is 10.1. The quantitative estimate of drug-likeness (QED) is 0.556. The Morgan fingerprint density at radius 3 is 2.65 bits per heavy atom. The van der Waals surface area contributed by atoms with Crippen LogP contribution < -0.4 is 16.2 Å². The number of piperidine rings is 1. The largest absolute Gasteiger partial charge is 0.352 e. The van der Waals surface area contributed by atoms with E-state index in [1.165, 1.54) is 22.9 Å². The van der Waals surface area contributed by atoms with Gasteiger partial charge in [-0.25, -0.2) is 4.98 Å². The van der Waals surface area contributed by atoms with E-state index in [1.807, 2.05) is 12.1 Å². The second-order valence-electron chi connectivity index (χ2n) is 8.26. The average Bonchev–Trinajstić information content (AvgIpc) is 3.04. The van der Waals surface area contributed by atoms with Crippen LogP contribution >= 0.6 is 35.0 Å². The van der Waals surface area contributed by atoms with Gasteiger partial charge in [-0.05, 0) is 47.9 Å². The van der Waals surface area contributed by atoms with Gasteiger partial charge in [0.1, 0.15) is 0 Å². The Morgan fingerprint density at radius 2 is 1.90 bits per heavy atom. The van der Waals surface area contributed by atoms with Crippen molar-refractivity contribution in [1.82, 2.24) is 9.97 Å². The van der Waals surface area contributed by atoms with Gasteiger partial charge in [-0.15, -0.1) is 0 Å². The zero-order valence-electron chi connectivity index (χ0n) is 16.8. The first-order chi connectivity index (χ1) is 15.0. The lowest BCUT2D eigenvalue weighted by Crippen LogP contribution is -2.46. The van der Waals surface area contributed by atoms with Crippen LogP contribution in [0.4, 0.5) is 5.82 Å². The number of nitrogens with two attached hydrogens (primary N) is 1. The van der Waals surface area contributed by atoms with Crippen molar-refractivity contribution in [3.8, 4) is 0 Å². The molecule has 1 aromatic heterocycles. The Hall–Kier alpha value is -1.99. The second kappa shape index (κ2) is 8.17. The average molecular weight is 473 g/mol. The maximum Gasteiger partial charge on any atom is 0.291 e. The summed E-state index contributed by atoms with van der Waals surface area (Å²) >= 11 is 13.7. The molecule has 1 aliphatic heterocycles. The molecule has 0 saturated carbocycles. The summed E-state index contributed by atoms with van der Waals surface area (Å²) in [5.41, 5.74) is 9.17. The van der Waals surface area contributed by atoms with Gasteiger partial charge >= 0.3 is 0 Å². The molecule has 1 atom stereocenters. The summed E-state index contributed by atoms with van der Waals surface area (Å²) in [7, 11) is 0. The van der Waals surface area contributed by atoms with Crippen molar-refractivity contribution in [2.75, 3.05) is 18.0 Å². The molecule has 2 aliphatic rings. The van der Waals surface area contributed by atoms with Gasteiger partial charge < -0.3 is 15.6 Å². The number of halogens is 2. The molecule has 3 N–H and O–H groups in total. The molecular formula is C23H22Cl2N4OS. The molecule has 5 nitrogen and oxygen atoms in total. The van der Waals surface area contributed by atoms with Crippen LogP contribution in [0, 0.1) is 5.41 Å². The molecule has 160 valence electrons. The Kier molecular flexibility index (Phi) is 5.51. The summed E-state index contributed by atoms with van der Waals surface area (Å²) in [6, 6.07) is 13.9. The molecule has 0 unspecified atom stereocenters. The summed E-state index contributed by atoms with van der Waals surface area (Å²) in [6.45, 7) is 1.54. The van der Waals surface area contributed by atoms with E-state index in [1.54, 1.807) is 12.3 Å². The van der Waals surface area contributed by atoms with E-state index < -0.39 is 0 Å². The first-order valence-corrected chi connectivity index (χ1v) is 11.8. The first-order valence-electron chi connectivity index (χ1n) is 10.3. The molecule has 2 aromatic carbocycles. The third-order valence-electron chi connectivity index (χ3n) is 6.53. The summed E-state index contributed by atoms with van der Waals surface area (Å²) in [4.78, 5) is 23.0. The lowest BCUT2D eigenvalue weighted by Gasteiger charge is -2.42. The van der Waals surface area contributed by atoms with Crippen LogP contribution in [0.3, 0.4) is 0 Å². The highest BCUT2D eigenvalue weighted by molar-refractivity contribution is 7.99. The minimum absolute atomic E-state index is 0.0540. The van der Waals surface area contributed by atoms with Crippen molar-refractivity contribution >= 4 is 40.8 Å². The van der Waals surface area contributed by atoms with E-state index in [2.05, 4.69) is 39.1 Å². The monoisotopic (exact) mass is 472 g/mol. The van der Waals surface area contributed by atoms with E-state index in [9.17, 15) is 4.79 Å². The Labute approximate surface area is 195 Å². The standard InChI is InChI=1S/C23H22Cl2N4OS/c24-16-6-3-7-17(19(16)25)31-18-13-27-21(22(30)28-18)29-10-8-23(9-11-29)12-14-4-1-2-5-15(14)20(23)26/h1-7,13,20H,8-12,26H2,(H,28,30)/t20-/m1/s1. The van der Waals surface area contributed by atoms with Crippen LogP contribution in [0.5, 0.6) is 0 Å². The maximum atomic E-state index is 12.8. The van der Waals surface area contributed by atoms with Crippen molar-refractivity contribution in [2.45, 2.75) is 35.2 Å². The Bertz CT molecular complexity index is 1190. The van der Waals surface area contributed by atoms with Crippen molar-refractivity contribution in [3.63, 3.8) is 0 Å². The molecular weight excluding hydrogens is 451 g/mol. The predicted octanol–water partition coefficient (Wildman–Crippen LogP) is 5.07. The van der Waals surface area contributed by atoms with Crippen LogP contribution in [-0.4, -0.2) is 23.1 Å². The lowest BCUT2D eigenvalue weighted by molar-refractivity contribution is 0.187. The molecule has 5 rings (SSSR count). The van der Waals surface area contributed by atoms with Crippen LogP contribution in [0.1, 0.15) is 30.0 Å². The van der Waals surface area contributed by atoms with Crippen molar-refractivity contribution < 1.29 is 0 Å². The van der Waals surface area contributed by atoms with Gasteiger partial charge in [-0.2, -0.15) is 0 Å². The van der Waals surface area contributed by atoms with Gasteiger partial charge in [-0.1, -0.05) is 65.3 Å². The predicted molar refractivity (Wildman–Crippen MR) is 126 cm³/mol. The van der Waals surface area contributed by atoms with Gasteiger partial charge in [0.2, 0.25) is 0 Å². The third-order valence-corrected chi connectivity index (χ3v) is 8.45. The summed E-state index contributed by atoms with van der Waals surface area (Å²) in [5, 5.41) is 1.57. The molecule has 1 spiro atoms. The molecule has 8 heteroatoms. The molecule has 0 radical (unpaired) electrons. The van der Waals surface area contributed by atoms with Crippen molar-refractivity contribution in [3.05, 3.63) is 80.2 Å². The van der Waals surface area contributed by atoms with Crippen LogP contribution in [-0.2, 0) is 6.42 Å². The minimum atomic E-state index is -0.196. The molecule has 1 aliphatic carbocycles. The van der Waals surface area contributed by atoms with Crippen molar-refractivity contribution in [2.24, 2.45) is 11.1 Å². The highest BCUT2D eigenvalue weighted by atomic mass is 35.5. The fourth-order valence-electron chi connectivity index (χ4n) is 4.81. The normalized spacial score (nSPS) is 19.6. The smallest absolute Gasteiger partial charge is 0.291 e. The van der Waals surface area contributed by atoms with Gasteiger partial charge in [0, 0.05) is 24.0 Å². The molecule has 2 heterocycles. The van der Waals surface area contributed by atoms with Crippen LogP contribution in [0.25, 0.3) is 0 Å². The van der Waals surface area contributed by atoms with E-state index in [0.29, 0.717) is 20.9 Å². The van der Waals surface area contributed by atoms with E-state index in [4.69, 9.17) is 28.9 Å². The fourth-order valence-corrected chi connectivity index (χ4v) is 6.11. The zero-order valence-corrected chi connectivity index (χ0v) is 19.1. The van der Waals surface area contributed by atoms with Crippen LogP contribution in [0.15, 0.2) is 63.4 Å². The minimum Gasteiger partial charge on any atom is -0.352 e. The van der Waals surface area contributed by atoms with Crippen LogP contribution in [0.2, 0.25) is 10.0 Å². The number of aromatic amines is 1. The van der Waals surface area contributed by atoms with E-state index in [0.717, 1.165) is 37.2 Å². The van der Waals surface area contributed by atoms with Gasteiger partial charge in [0.05, 0.1) is 21.3 Å². The number of H-pyrrole nitrogens is 1. The molecule has 1 saturated heterocycles. The number of fused-ring (bicyclic) bond motifs is 1. The Balaban J connectivity index is 1.30. The highest BCUT2D eigenvalue weighted by Crippen LogP contribution is 2.50. The number of hydrogen-bond donors (Lipinski definition) is 2. The molecule has 0 amide bonds. The lowest BCUT2D eigenvalue weighted by atomic mass is 9.73. The zero-order chi connectivity index (χ0) is 21.6. The number of nitrogens with one attached hydrogen (secondary N) is 1. The van der Waals surface area contributed by atoms with E-state index in [-0.39, 0.29) is 17.0 Å². The first kappa shape index (κ1) is 20.9. The summed E-state index contributed by atoms with van der Waals surface area (Å²) < 4.78 is 0. The number of nitrogens with zero attached hydrogens (tertiary/aromatic N) is 2. The summed E-state index contributed by atoms with van der Waals surface area (Å²) in [5.74, 6) is 0.459. The molecule has 0 bridgehead atoms. The number of anilines is 1. The van der Waals surface area contributed by atoms with Gasteiger partial charge in [0.15, 0.2) is 5.82 Å². The van der Waals surface area contributed by atoms with Crippen molar-refractivity contribution in [1.29, 1.82) is 0 Å². The van der Waals surface area contributed by atoms with Gasteiger partial charge in [-0.3, -0.25) is 4.79 Å². The molecule has 31 heavy (non-hydrogen) atoms. The summed E-state index contributed by atoms with van der Waals surface area (Å²) in [6.07, 6.45) is 4.58. The highest BCUT2D eigenvalue weighted by Gasteiger charge is 2.46. The number of hydrogen-bond acceptors (Lipinski definition) is 5. The Morgan fingerprint density at radius 1 is 1.13 bits per heavy atom. The SMILES string of the molecule is N[C@@H]1c2ccccc2CC12CCN(c1ncc(Sc3cccc(Cl)c3Cl)[nH]c1=O)CC2.